The highest BCUT2D eigenvalue weighted by Crippen LogP contribution is 2.25. The molecule has 15 heavy (non-hydrogen) atoms. The first-order chi connectivity index (χ1) is 6.96. The minimum atomic E-state index is -4.86. The molecule has 3 nitrogen and oxygen atoms in total. The summed E-state index contributed by atoms with van der Waals surface area (Å²) in [6.07, 6.45) is -4.66. The number of hydrogen-bond acceptors (Lipinski definition) is 3. The molecule has 0 amide bonds. The predicted molar refractivity (Wildman–Crippen MR) is 43.2 cm³/mol. The molecule has 0 aliphatic heterocycles. The molecule has 0 fully saturated rings. The van der Waals surface area contributed by atoms with Crippen molar-refractivity contribution >= 4 is 6.29 Å². The standard InChI is InChI=1S/C9H4F3NO2/c10-9(11,12)15-8-2-1-6(4-13)3-7(8)5-14/h1-3,5H. The van der Waals surface area contributed by atoms with Gasteiger partial charge in [-0.3, -0.25) is 4.79 Å². The minimum absolute atomic E-state index is 0.0895. The molecule has 1 aromatic carbocycles. The van der Waals surface area contributed by atoms with E-state index in [1.54, 1.807) is 6.07 Å². The molecular weight excluding hydrogens is 211 g/mol. The molecule has 0 radical (unpaired) electrons. The van der Waals surface area contributed by atoms with Gasteiger partial charge >= 0.3 is 6.36 Å². The molecule has 0 saturated carbocycles. The van der Waals surface area contributed by atoms with Crippen molar-refractivity contribution in [2.45, 2.75) is 6.36 Å². The van der Waals surface area contributed by atoms with Crippen molar-refractivity contribution in [1.29, 1.82) is 5.26 Å². The molecule has 0 heterocycles. The van der Waals surface area contributed by atoms with Crippen LogP contribution in [-0.2, 0) is 0 Å². The van der Waals surface area contributed by atoms with E-state index in [9.17, 15) is 18.0 Å². The fraction of sp³-hybridized carbons (Fsp3) is 0.111. The third kappa shape index (κ3) is 2.98. The SMILES string of the molecule is N#Cc1ccc(OC(F)(F)F)c(C=O)c1. The maximum absolute atomic E-state index is 11.8. The third-order valence-electron chi connectivity index (χ3n) is 1.49. The fourth-order valence-corrected chi connectivity index (χ4v) is 0.928. The first-order valence-electron chi connectivity index (χ1n) is 3.71. The van der Waals surface area contributed by atoms with E-state index in [-0.39, 0.29) is 17.4 Å². The van der Waals surface area contributed by atoms with Crippen molar-refractivity contribution in [3.63, 3.8) is 0 Å². The summed E-state index contributed by atoms with van der Waals surface area (Å²) in [4.78, 5) is 10.4. The Balaban J connectivity index is 3.10. The van der Waals surface area contributed by atoms with Gasteiger partial charge in [-0.05, 0) is 18.2 Å². The molecular formula is C9H4F3NO2. The molecule has 0 aliphatic rings. The number of benzene rings is 1. The van der Waals surface area contributed by atoms with Gasteiger partial charge in [-0.2, -0.15) is 5.26 Å². The highest BCUT2D eigenvalue weighted by Gasteiger charge is 2.32. The van der Waals surface area contributed by atoms with Gasteiger partial charge in [-0.25, -0.2) is 0 Å². The van der Waals surface area contributed by atoms with Gasteiger partial charge in [0.1, 0.15) is 5.75 Å². The van der Waals surface area contributed by atoms with Crippen LogP contribution in [0, 0.1) is 11.3 Å². The molecule has 0 bridgehead atoms. The van der Waals surface area contributed by atoms with Gasteiger partial charge < -0.3 is 4.74 Å². The number of hydrogen-bond donors (Lipinski definition) is 0. The van der Waals surface area contributed by atoms with Crippen molar-refractivity contribution in [2.24, 2.45) is 0 Å². The van der Waals surface area contributed by atoms with Crippen LogP contribution >= 0.6 is 0 Å². The number of nitriles is 1. The first-order valence-corrected chi connectivity index (χ1v) is 3.71. The topological polar surface area (TPSA) is 50.1 Å². The summed E-state index contributed by atoms with van der Waals surface area (Å²) in [5.74, 6) is -0.614. The van der Waals surface area contributed by atoms with Gasteiger partial charge in [0, 0.05) is 0 Å². The van der Waals surface area contributed by atoms with Gasteiger partial charge in [-0.15, -0.1) is 13.2 Å². The highest BCUT2D eigenvalue weighted by molar-refractivity contribution is 5.80. The Labute approximate surface area is 82.7 Å². The maximum atomic E-state index is 11.8. The van der Waals surface area contributed by atoms with Crippen LogP contribution in [0.5, 0.6) is 5.75 Å². The monoisotopic (exact) mass is 215 g/mol. The average Bonchev–Trinajstić information content (AvgIpc) is 2.16. The lowest BCUT2D eigenvalue weighted by Crippen LogP contribution is -2.18. The van der Waals surface area contributed by atoms with Crippen molar-refractivity contribution in [2.75, 3.05) is 0 Å². The predicted octanol–water partition coefficient (Wildman–Crippen LogP) is 2.27. The van der Waals surface area contributed by atoms with E-state index < -0.39 is 12.1 Å². The summed E-state index contributed by atoms with van der Waals surface area (Å²) < 4.78 is 39.1. The van der Waals surface area contributed by atoms with Crippen LogP contribution in [0.4, 0.5) is 13.2 Å². The summed E-state index contributed by atoms with van der Waals surface area (Å²) in [5.41, 5.74) is -0.224. The van der Waals surface area contributed by atoms with Crippen LogP contribution in [0.2, 0.25) is 0 Å². The molecule has 0 unspecified atom stereocenters. The van der Waals surface area contributed by atoms with Crippen LogP contribution in [-0.4, -0.2) is 12.6 Å². The van der Waals surface area contributed by atoms with Crippen LogP contribution < -0.4 is 4.74 Å². The summed E-state index contributed by atoms with van der Waals surface area (Å²) >= 11 is 0. The van der Waals surface area contributed by atoms with Crippen molar-refractivity contribution in [3.8, 4) is 11.8 Å². The van der Waals surface area contributed by atoms with E-state index in [4.69, 9.17) is 5.26 Å². The van der Waals surface area contributed by atoms with Crippen molar-refractivity contribution in [3.05, 3.63) is 29.3 Å². The molecule has 0 N–H and O–H groups in total. The minimum Gasteiger partial charge on any atom is -0.405 e. The third-order valence-corrected chi connectivity index (χ3v) is 1.49. The maximum Gasteiger partial charge on any atom is 0.573 e. The Morgan fingerprint density at radius 3 is 2.53 bits per heavy atom. The second kappa shape index (κ2) is 4.00. The van der Waals surface area contributed by atoms with E-state index in [2.05, 4.69) is 4.74 Å². The van der Waals surface area contributed by atoms with E-state index in [1.165, 1.54) is 0 Å². The lowest BCUT2D eigenvalue weighted by atomic mass is 10.1. The number of halogens is 3. The summed E-state index contributed by atoms with van der Waals surface area (Å²) in [7, 11) is 0. The Bertz CT molecular complexity index is 420. The van der Waals surface area contributed by atoms with Gasteiger partial charge in [0.25, 0.3) is 0 Å². The number of rotatable bonds is 2. The molecule has 0 saturated heterocycles. The average molecular weight is 215 g/mol. The second-order valence-corrected chi connectivity index (χ2v) is 2.53. The molecule has 1 rings (SSSR count). The summed E-state index contributed by atoms with van der Waals surface area (Å²) in [6.45, 7) is 0. The van der Waals surface area contributed by atoms with E-state index in [0.29, 0.717) is 0 Å². The van der Waals surface area contributed by atoms with Crippen LogP contribution in [0.25, 0.3) is 0 Å². The number of aldehydes is 1. The normalized spacial score (nSPS) is 10.5. The largest absolute Gasteiger partial charge is 0.573 e. The molecule has 78 valence electrons. The molecule has 6 heteroatoms. The number of carbonyl (C=O) groups excluding carboxylic acids is 1. The van der Waals surface area contributed by atoms with E-state index in [1.807, 2.05) is 0 Å². The van der Waals surface area contributed by atoms with E-state index >= 15 is 0 Å². The van der Waals surface area contributed by atoms with Crippen LogP contribution in [0.15, 0.2) is 18.2 Å². The quantitative estimate of drug-likeness (QED) is 0.711. The van der Waals surface area contributed by atoms with Crippen LogP contribution in [0.1, 0.15) is 15.9 Å². The molecule has 0 aromatic heterocycles. The second-order valence-electron chi connectivity index (χ2n) is 2.53. The van der Waals surface area contributed by atoms with Gasteiger partial charge in [-0.1, -0.05) is 0 Å². The Hall–Kier alpha value is -2.03. The zero-order valence-corrected chi connectivity index (χ0v) is 7.21. The lowest BCUT2D eigenvalue weighted by Gasteiger charge is -2.10. The Morgan fingerprint density at radius 1 is 1.40 bits per heavy atom. The highest BCUT2D eigenvalue weighted by atomic mass is 19.4. The molecule has 0 atom stereocenters. The fourth-order valence-electron chi connectivity index (χ4n) is 0.928. The molecule has 1 aromatic rings. The Morgan fingerprint density at radius 2 is 2.07 bits per heavy atom. The number of ether oxygens (including phenoxy) is 1. The lowest BCUT2D eigenvalue weighted by molar-refractivity contribution is -0.274. The number of carbonyl (C=O) groups is 1. The van der Waals surface area contributed by atoms with Crippen LogP contribution in [0.3, 0.4) is 0 Å². The Kier molecular flexibility index (Phi) is 2.95. The van der Waals surface area contributed by atoms with Crippen molar-refractivity contribution < 1.29 is 22.7 Å². The van der Waals surface area contributed by atoms with Gasteiger partial charge in [0.05, 0.1) is 17.2 Å². The summed E-state index contributed by atoms with van der Waals surface area (Å²) in [5, 5.41) is 8.45. The molecule has 0 spiro atoms. The van der Waals surface area contributed by atoms with E-state index in [0.717, 1.165) is 18.2 Å². The number of alkyl halides is 3. The molecule has 0 aliphatic carbocycles. The van der Waals surface area contributed by atoms with Gasteiger partial charge in [0.15, 0.2) is 6.29 Å². The zero-order valence-electron chi connectivity index (χ0n) is 7.21. The van der Waals surface area contributed by atoms with Crippen molar-refractivity contribution in [1.82, 2.24) is 0 Å². The smallest absolute Gasteiger partial charge is 0.405 e. The summed E-state index contributed by atoms with van der Waals surface area (Å²) in [6, 6.07) is 4.78. The van der Waals surface area contributed by atoms with Gasteiger partial charge in [0.2, 0.25) is 0 Å². The zero-order chi connectivity index (χ0) is 11.5. The number of nitrogens with zero attached hydrogens (tertiary/aromatic N) is 1. The first kappa shape index (κ1) is 11.0.